The number of carbonyl (C=O) groups is 2. The van der Waals surface area contributed by atoms with Crippen LogP contribution in [-0.4, -0.2) is 27.8 Å². The summed E-state index contributed by atoms with van der Waals surface area (Å²) in [7, 11) is 0. The van der Waals surface area contributed by atoms with E-state index < -0.39 is 12.1 Å². The molecule has 1 aromatic heterocycles. The Hall–Kier alpha value is -3.41. The minimum atomic E-state index is -0.888. The van der Waals surface area contributed by atoms with Gasteiger partial charge in [0.25, 0.3) is 5.91 Å². The number of anilines is 1. The van der Waals surface area contributed by atoms with Gasteiger partial charge in [0, 0.05) is 17.4 Å². The van der Waals surface area contributed by atoms with Crippen LogP contribution in [0.5, 0.6) is 0 Å². The zero-order chi connectivity index (χ0) is 19.2. The number of hydrogen-bond acceptors (Lipinski definition) is 4. The third-order valence-electron chi connectivity index (χ3n) is 4.09. The average Bonchev–Trinajstić information content (AvgIpc) is 3.12. The molecule has 6 nitrogen and oxygen atoms in total. The predicted octanol–water partition coefficient (Wildman–Crippen LogP) is 3.29. The first-order valence-electron chi connectivity index (χ1n) is 8.68. The third kappa shape index (κ3) is 4.82. The van der Waals surface area contributed by atoms with Crippen LogP contribution in [0, 0.1) is 6.92 Å². The summed E-state index contributed by atoms with van der Waals surface area (Å²) in [5.74, 6) is -0.840. The number of nitrogens with one attached hydrogen (secondary N) is 1. The van der Waals surface area contributed by atoms with Crippen LogP contribution in [0.15, 0.2) is 67.0 Å². The molecule has 0 radical (unpaired) electrons. The van der Waals surface area contributed by atoms with Gasteiger partial charge in [-0.15, -0.1) is 0 Å². The van der Waals surface area contributed by atoms with Gasteiger partial charge in [0.2, 0.25) is 0 Å². The fourth-order valence-electron chi connectivity index (χ4n) is 2.58. The lowest BCUT2D eigenvalue weighted by Gasteiger charge is -2.14. The number of hydrogen-bond donors (Lipinski definition) is 1. The fourth-order valence-corrected chi connectivity index (χ4v) is 2.58. The van der Waals surface area contributed by atoms with Gasteiger partial charge in [0.15, 0.2) is 6.10 Å². The van der Waals surface area contributed by atoms with Crippen molar-refractivity contribution in [3.8, 4) is 5.69 Å². The quantitative estimate of drug-likeness (QED) is 0.682. The zero-order valence-corrected chi connectivity index (χ0v) is 15.3. The Morgan fingerprint density at radius 2 is 1.81 bits per heavy atom. The van der Waals surface area contributed by atoms with Crippen LogP contribution in [0.1, 0.15) is 18.1 Å². The number of aromatic nitrogens is 2. The van der Waals surface area contributed by atoms with Gasteiger partial charge in [-0.05, 0) is 37.6 Å². The van der Waals surface area contributed by atoms with Crippen LogP contribution in [0.4, 0.5) is 5.69 Å². The third-order valence-corrected chi connectivity index (χ3v) is 4.09. The average molecular weight is 363 g/mol. The maximum atomic E-state index is 12.2. The van der Waals surface area contributed by atoms with Gasteiger partial charge in [0.05, 0.1) is 18.3 Å². The van der Waals surface area contributed by atoms with E-state index in [2.05, 4.69) is 10.4 Å². The van der Waals surface area contributed by atoms with E-state index in [1.807, 2.05) is 55.5 Å². The van der Waals surface area contributed by atoms with Crippen molar-refractivity contribution >= 4 is 17.6 Å². The highest BCUT2D eigenvalue weighted by molar-refractivity contribution is 5.95. The smallest absolute Gasteiger partial charge is 0.311 e. The molecule has 1 unspecified atom stereocenters. The van der Waals surface area contributed by atoms with Gasteiger partial charge in [-0.2, -0.15) is 5.10 Å². The second-order valence-electron chi connectivity index (χ2n) is 6.24. The molecule has 0 saturated carbocycles. The number of aryl methyl sites for hydroxylation is 1. The van der Waals surface area contributed by atoms with E-state index in [-0.39, 0.29) is 12.3 Å². The monoisotopic (exact) mass is 363 g/mol. The molecule has 0 aliphatic carbocycles. The van der Waals surface area contributed by atoms with Gasteiger partial charge >= 0.3 is 5.97 Å². The molecule has 6 heteroatoms. The Labute approximate surface area is 157 Å². The molecule has 0 fully saturated rings. The molecule has 1 amide bonds. The summed E-state index contributed by atoms with van der Waals surface area (Å²) in [6, 6.07) is 17.0. The summed E-state index contributed by atoms with van der Waals surface area (Å²) in [6.45, 7) is 3.45. The second kappa shape index (κ2) is 8.31. The summed E-state index contributed by atoms with van der Waals surface area (Å²) >= 11 is 0. The lowest BCUT2D eigenvalue weighted by molar-refractivity contribution is -0.152. The highest BCUT2D eigenvalue weighted by Gasteiger charge is 2.19. The van der Waals surface area contributed by atoms with E-state index in [9.17, 15) is 9.59 Å². The standard InChI is InChI=1S/C21H21N3O3/c1-15-8-6-7-11-19(15)23-21(26)16(2)27-20(25)12-17-13-22-24(14-17)18-9-4-3-5-10-18/h3-11,13-14,16H,12H2,1-2H3,(H,23,26). The van der Waals surface area contributed by atoms with Gasteiger partial charge in [-0.25, -0.2) is 4.68 Å². The van der Waals surface area contributed by atoms with Gasteiger partial charge in [0.1, 0.15) is 0 Å². The molecule has 1 N–H and O–H groups in total. The molecule has 0 saturated heterocycles. The van der Waals surface area contributed by atoms with Gasteiger partial charge in [-0.3, -0.25) is 9.59 Å². The minimum absolute atomic E-state index is 0.0504. The molecule has 0 aliphatic rings. The molecule has 1 heterocycles. The lowest BCUT2D eigenvalue weighted by atomic mass is 10.2. The predicted molar refractivity (Wildman–Crippen MR) is 103 cm³/mol. The Morgan fingerprint density at radius 1 is 1.11 bits per heavy atom. The van der Waals surface area contributed by atoms with E-state index in [4.69, 9.17) is 4.74 Å². The molecule has 0 bridgehead atoms. The second-order valence-corrected chi connectivity index (χ2v) is 6.24. The lowest BCUT2D eigenvalue weighted by Crippen LogP contribution is -2.30. The van der Waals surface area contributed by atoms with Crippen LogP contribution >= 0.6 is 0 Å². The van der Waals surface area contributed by atoms with Crippen LogP contribution in [-0.2, 0) is 20.7 Å². The van der Waals surface area contributed by atoms with Crippen LogP contribution in [0.25, 0.3) is 5.69 Å². The number of nitrogens with zero attached hydrogens (tertiary/aromatic N) is 2. The molecule has 3 rings (SSSR count). The van der Waals surface area contributed by atoms with Crippen molar-refractivity contribution in [2.75, 3.05) is 5.32 Å². The molecule has 138 valence electrons. The van der Waals surface area contributed by atoms with Crippen LogP contribution in [0.2, 0.25) is 0 Å². The zero-order valence-electron chi connectivity index (χ0n) is 15.3. The fraction of sp³-hybridized carbons (Fsp3) is 0.190. The van der Waals surface area contributed by atoms with Crippen molar-refractivity contribution in [3.05, 3.63) is 78.1 Å². The number of rotatable bonds is 6. The molecule has 27 heavy (non-hydrogen) atoms. The normalized spacial score (nSPS) is 11.6. The van der Waals surface area contributed by atoms with Gasteiger partial charge in [-0.1, -0.05) is 36.4 Å². The van der Waals surface area contributed by atoms with E-state index >= 15 is 0 Å². The molecule has 0 aliphatic heterocycles. The largest absolute Gasteiger partial charge is 0.452 e. The minimum Gasteiger partial charge on any atom is -0.452 e. The number of ether oxygens (including phenoxy) is 1. The van der Waals surface area contributed by atoms with E-state index in [0.29, 0.717) is 5.69 Å². The number of carbonyl (C=O) groups excluding carboxylic acids is 2. The summed E-state index contributed by atoms with van der Waals surface area (Å²) in [5, 5.41) is 7.02. The van der Waals surface area contributed by atoms with Crippen molar-refractivity contribution in [3.63, 3.8) is 0 Å². The summed E-state index contributed by atoms with van der Waals surface area (Å²) < 4.78 is 6.95. The van der Waals surface area contributed by atoms with Crippen molar-refractivity contribution in [2.45, 2.75) is 26.4 Å². The Kier molecular flexibility index (Phi) is 5.66. The molecular weight excluding hydrogens is 342 g/mol. The first-order chi connectivity index (χ1) is 13.0. The highest BCUT2D eigenvalue weighted by atomic mass is 16.5. The first kappa shape index (κ1) is 18.4. The summed E-state index contributed by atoms with van der Waals surface area (Å²) in [6.07, 6.45) is 2.55. The van der Waals surface area contributed by atoms with E-state index in [0.717, 1.165) is 16.8 Å². The van der Waals surface area contributed by atoms with Crippen molar-refractivity contribution in [1.82, 2.24) is 9.78 Å². The number of esters is 1. The molecule has 1 atom stereocenters. The molecule has 2 aromatic carbocycles. The van der Waals surface area contributed by atoms with Gasteiger partial charge < -0.3 is 10.1 Å². The maximum absolute atomic E-state index is 12.2. The number of para-hydroxylation sites is 2. The van der Waals surface area contributed by atoms with Crippen LogP contribution in [0.3, 0.4) is 0 Å². The van der Waals surface area contributed by atoms with Crippen LogP contribution < -0.4 is 5.32 Å². The van der Waals surface area contributed by atoms with E-state index in [1.54, 1.807) is 30.1 Å². The molecular formula is C21H21N3O3. The maximum Gasteiger partial charge on any atom is 0.311 e. The Bertz CT molecular complexity index is 935. The van der Waals surface area contributed by atoms with Crippen molar-refractivity contribution in [1.29, 1.82) is 0 Å². The highest BCUT2D eigenvalue weighted by Crippen LogP contribution is 2.14. The first-order valence-corrected chi connectivity index (χ1v) is 8.68. The number of benzene rings is 2. The molecule has 0 spiro atoms. The van der Waals surface area contributed by atoms with E-state index in [1.165, 1.54) is 0 Å². The Balaban J connectivity index is 1.55. The van der Waals surface area contributed by atoms with Crippen molar-refractivity contribution < 1.29 is 14.3 Å². The number of amides is 1. The SMILES string of the molecule is Cc1ccccc1NC(=O)C(C)OC(=O)Cc1cnn(-c2ccccc2)c1. The van der Waals surface area contributed by atoms with Crippen molar-refractivity contribution in [2.24, 2.45) is 0 Å². The molecule has 3 aromatic rings. The summed E-state index contributed by atoms with van der Waals surface area (Å²) in [4.78, 5) is 24.4. The Morgan fingerprint density at radius 3 is 2.56 bits per heavy atom. The summed E-state index contributed by atoms with van der Waals surface area (Å²) in [5.41, 5.74) is 3.27. The topological polar surface area (TPSA) is 73.2 Å².